The summed E-state index contributed by atoms with van der Waals surface area (Å²) in [4.78, 5) is 8.63. The smallest absolute Gasteiger partial charge is 0.0810 e. The standard InChI is InChI=1S/C3H7OPS/c1-3-5(2,4)6/h3H,1H2,2H3,(H,4,6). The number of hydrogen-bond donors (Lipinski definition) is 1. The van der Waals surface area contributed by atoms with E-state index < -0.39 is 6.26 Å². The largest absolute Gasteiger partial charge is 0.362 e. The monoisotopic (exact) mass is 122 g/mol. The van der Waals surface area contributed by atoms with E-state index in [0.717, 1.165) is 0 Å². The quantitative estimate of drug-likeness (QED) is 0.526. The van der Waals surface area contributed by atoms with Crippen molar-refractivity contribution in [3.63, 3.8) is 0 Å². The van der Waals surface area contributed by atoms with Gasteiger partial charge in [-0.15, -0.1) is 0 Å². The van der Waals surface area contributed by atoms with E-state index in [1.54, 1.807) is 6.66 Å². The molecule has 0 bridgehead atoms. The predicted molar refractivity (Wildman–Crippen MR) is 32.6 cm³/mol. The molecular weight excluding hydrogens is 115 g/mol. The summed E-state index contributed by atoms with van der Waals surface area (Å²) in [7, 11) is 0. The zero-order chi connectivity index (χ0) is 5.21. The second-order valence-electron chi connectivity index (χ2n) is 1.13. The van der Waals surface area contributed by atoms with Crippen LogP contribution in [0.25, 0.3) is 0 Å². The molecule has 0 radical (unpaired) electrons. The van der Waals surface area contributed by atoms with Crippen LogP contribution in [0.3, 0.4) is 0 Å². The first kappa shape index (κ1) is 6.35. The van der Waals surface area contributed by atoms with Crippen LogP contribution in [0.1, 0.15) is 0 Å². The normalized spacial score (nSPS) is 19.0. The molecule has 3 heteroatoms. The maximum Gasteiger partial charge on any atom is 0.0810 e. The average molecular weight is 122 g/mol. The molecule has 0 aromatic rings. The molecule has 0 aromatic heterocycles. The minimum absolute atomic E-state index is 1.42. The van der Waals surface area contributed by atoms with Crippen LogP contribution >= 0.6 is 6.26 Å². The van der Waals surface area contributed by atoms with Crippen molar-refractivity contribution in [1.29, 1.82) is 0 Å². The minimum atomic E-state index is -2.05. The molecule has 0 aromatic carbocycles. The second kappa shape index (κ2) is 1.87. The first-order chi connectivity index (χ1) is 2.56. The Morgan fingerprint density at radius 2 is 2.17 bits per heavy atom. The maximum absolute atomic E-state index is 8.63. The molecule has 0 amide bonds. The molecule has 1 atom stereocenters. The Morgan fingerprint density at radius 3 is 2.17 bits per heavy atom. The van der Waals surface area contributed by atoms with E-state index in [4.69, 9.17) is 4.89 Å². The molecule has 0 spiro atoms. The lowest BCUT2D eigenvalue weighted by atomic mass is 11.3. The lowest BCUT2D eigenvalue weighted by molar-refractivity contribution is 0.638. The summed E-state index contributed by atoms with van der Waals surface area (Å²) in [6.45, 7) is 4.93. The van der Waals surface area contributed by atoms with Crippen molar-refractivity contribution in [3.05, 3.63) is 12.4 Å². The van der Waals surface area contributed by atoms with Gasteiger partial charge in [0.15, 0.2) is 0 Å². The van der Waals surface area contributed by atoms with Gasteiger partial charge in [-0.2, -0.15) is 0 Å². The molecule has 0 rings (SSSR count). The molecule has 36 valence electrons. The molecule has 0 heterocycles. The zero-order valence-corrected chi connectivity index (χ0v) is 5.30. The van der Waals surface area contributed by atoms with E-state index in [9.17, 15) is 0 Å². The van der Waals surface area contributed by atoms with E-state index in [2.05, 4.69) is 18.4 Å². The highest BCUT2D eigenvalue weighted by Gasteiger charge is 1.90. The lowest BCUT2D eigenvalue weighted by Gasteiger charge is -1.94. The molecule has 0 fully saturated rings. The van der Waals surface area contributed by atoms with Crippen LogP contribution < -0.4 is 0 Å². The highest BCUT2D eigenvalue weighted by molar-refractivity contribution is 8.12. The van der Waals surface area contributed by atoms with Gasteiger partial charge in [0.2, 0.25) is 0 Å². The molecule has 0 aliphatic carbocycles. The van der Waals surface area contributed by atoms with E-state index in [0.29, 0.717) is 0 Å². The van der Waals surface area contributed by atoms with Crippen molar-refractivity contribution >= 4 is 18.1 Å². The summed E-state index contributed by atoms with van der Waals surface area (Å²) in [6, 6.07) is 0. The van der Waals surface area contributed by atoms with Gasteiger partial charge in [0.1, 0.15) is 0 Å². The highest BCUT2D eigenvalue weighted by Crippen LogP contribution is 2.35. The van der Waals surface area contributed by atoms with E-state index in [-0.39, 0.29) is 0 Å². The van der Waals surface area contributed by atoms with Gasteiger partial charge in [-0.1, -0.05) is 18.4 Å². The fourth-order valence-electron chi connectivity index (χ4n) is 0. The van der Waals surface area contributed by atoms with Gasteiger partial charge in [0, 0.05) is 0 Å². The predicted octanol–water partition coefficient (Wildman–Crippen LogP) is 1.15. The summed E-state index contributed by atoms with van der Waals surface area (Å²) >= 11 is 4.53. The molecule has 1 N–H and O–H groups in total. The van der Waals surface area contributed by atoms with Gasteiger partial charge < -0.3 is 4.89 Å². The first-order valence-corrected chi connectivity index (χ1v) is 4.77. The van der Waals surface area contributed by atoms with Gasteiger partial charge in [-0.25, -0.2) is 0 Å². The summed E-state index contributed by atoms with van der Waals surface area (Å²) in [5.41, 5.74) is 0. The first-order valence-electron chi connectivity index (χ1n) is 1.50. The van der Waals surface area contributed by atoms with Crippen LogP contribution in [0.15, 0.2) is 12.4 Å². The zero-order valence-electron chi connectivity index (χ0n) is 3.59. The van der Waals surface area contributed by atoms with Gasteiger partial charge in [0.05, 0.1) is 6.26 Å². The van der Waals surface area contributed by atoms with Crippen molar-refractivity contribution in [2.45, 2.75) is 0 Å². The van der Waals surface area contributed by atoms with Crippen LogP contribution in [0.5, 0.6) is 0 Å². The van der Waals surface area contributed by atoms with Crippen molar-refractivity contribution in [2.75, 3.05) is 6.66 Å². The fourth-order valence-corrected chi connectivity index (χ4v) is 0. The van der Waals surface area contributed by atoms with Crippen LogP contribution in [-0.4, -0.2) is 11.6 Å². The molecule has 1 unspecified atom stereocenters. The Bertz CT molecular complexity index is 93.0. The van der Waals surface area contributed by atoms with E-state index >= 15 is 0 Å². The van der Waals surface area contributed by atoms with Gasteiger partial charge in [0.25, 0.3) is 0 Å². The van der Waals surface area contributed by atoms with E-state index in [1.807, 2.05) is 0 Å². The van der Waals surface area contributed by atoms with Crippen molar-refractivity contribution in [2.24, 2.45) is 0 Å². The summed E-state index contributed by atoms with van der Waals surface area (Å²) < 4.78 is 0. The van der Waals surface area contributed by atoms with Crippen molar-refractivity contribution in [1.82, 2.24) is 0 Å². The van der Waals surface area contributed by atoms with Gasteiger partial charge in [-0.05, 0) is 12.5 Å². The minimum Gasteiger partial charge on any atom is -0.362 e. The van der Waals surface area contributed by atoms with Crippen molar-refractivity contribution < 1.29 is 4.89 Å². The van der Waals surface area contributed by atoms with Crippen LogP contribution in [-0.2, 0) is 11.8 Å². The molecule has 0 saturated heterocycles. The van der Waals surface area contributed by atoms with Crippen LogP contribution in [0, 0.1) is 0 Å². The topological polar surface area (TPSA) is 20.2 Å². The summed E-state index contributed by atoms with van der Waals surface area (Å²) in [6.07, 6.45) is -2.05. The SMILES string of the molecule is C=CP(C)(O)=S. The summed E-state index contributed by atoms with van der Waals surface area (Å²) in [5, 5.41) is 0. The Balaban J connectivity index is 3.81. The summed E-state index contributed by atoms with van der Waals surface area (Å²) in [5.74, 6) is 1.42. The highest BCUT2D eigenvalue weighted by atomic mass is 32.4. The van der Waals surface area contributed by atoms with E-state index in [1.165, 1.54) is 5.82 Å². The average Bonchev–Trinajstić information content (AvgIpc) is 1.35. The fraction of sp³-hybridized carbons (Fsp3) is 0.333. The molecule has 0 saturated carbocycles. The molecule has 0 aliphatic heterocycles. The molecule has 0 aliphatic rings. The van der Waals surface area contributed by atoms with Crippen LogP contribution in [0.4, 0.5) is 0 Å². The van der Waals surface area contributed by atoms with Crippen LogP contribution in [0.2, 0.25) is 0 Å². The molecule has 1 nitrogen and oxygen atoms in total. The molecule has 6 heavy (non-hydrogen) atoms. The number of hydrogen-bond acceptors (Lipinski definition) is 1. The third-order valence-electron chi connectivity index (χ3n) is 0.339. The maximum atomic E-state index is 8.63. The lowest BCUT2D eigenvalue weighted by Crippen LogP contribution is -1.60. The Hall–Kier alpha value is 0.350. The third kappa shape index (κ3) is 4.35. The Labute approximate surface area is 42.8 Å². The van der Waals surface area contributed by atoms with Crippen molar-refractivity contribution in [3.8, 4) is 0 Å². The number of rotatable bonds is 1. The Kier molecular flexibility index (Phi) is 1.98. The Morgan fingerprint density at radius 1 is 2.00 bits per heavy atom. The molecular formula is C3H7OPS. The van der Waals surface area contributed by atoms with Gasteiger partial charge >= 0.3 is 0 Å². The van der Waals surface area contributed by atoms with Gasteiger partial charge in [-0.3, -0.25) is 0 Å². The second-order valence-corrected chi connectivity index (χ2v) is 5.60. The third-order valence-corrected chi connectivity index (χ3v) is 1.46.